The van der Waals surface area contributed by atoms with Gasteiger partial charge in [0.25, 0.3) is 0 Å². The van der Waals surface area contributed by atoms with Crippen LogP contribution >= 0.6 is 0 Å². The maximum absolute atomic E-state index is 11.1. The zero-order valence-corrected chi connectivity index (χ0v) is 7.82. The van der Waals surface area contributed by atoms with E-state index in [1.165, 1.54) is 0 Å². The number of benzene rings is 1. The van der Waals surface area contributed by atoms with Crippen LogP contribution in [-0.4, -0.2) is 12.7 Å². The number of fused-ring (bicyclic) bond motifs is 1. The highest BCUT2D eigenvalue weighted by atomic mass is 16.6. The molecule has 14 heavy (non-hydrogen) atoms. The number of hydrogen-bond acceptors (Lipinski definition) is 3. The molecule has 74 valence electrons. The minimum Gasteiger partial charge on any atom is -0.410 e. The maximum atomic E-state index is 11.1. The number of rotatable bonds is 2. The SMILES string of the molecule is CCO[C@H]1NC(=O)Oc2ccccc21. The smallest absolute Gasteiger partial charge is 0.410 e. The number of ether oxygens (including phenoxy) is 2. The van der Waals surface area contributed by atoms with Gasteiger partial charge in [0.2, 0.25) is 0 Å². The fourth-order valence-electron chi connectivity index (χ4n) is 1.40. The molecular weight excluding hydrogens is 182 g/mol. The molecule has 4 nitrogen and oxygen atoms in total. The summed E-state index contributed by atoms with van der Waals surface area (Å²) in [5.74, 6) is 0.565. The summed E-state index contributed by atoms with van der Waals surface area (Å²) >= 11 is 0. The standard InChI is InChI=1S/C10H11NO3/c1-2-13-9-7-5-3-4-6-8(7)14-10(12)11-9/h3-6,9H,2H2,1H3,(H,11,12)/t9-/m1/s1. The molecule has 0 bridgehead atoms. The van der Waals surface area contributed by atoms with Gasteiger partial charge in [0, 0.05) is 12.2 Å². The Balaban J connectivity index is 2.33. The number of nitrogens with one attached hydrogen (secondary N) is 1. The Hall–Kier alpha value is -1.55. The van der Waals surface area contributed by atoms with Crippen molar-refractivity contribution in [2.75, 3.05) is 6.61 Å². The van der Waals surface area contributed by atoms with Crippen LogP contribution in [0.15, 0.2) is 24.3 Å². The summed E-state index contributed by atoms with van der Waals surface area (Å²) in [6.45, 7) is 2.42. The molecule has 1 N–H and O–H groups in total. The van der Waals surface area contributed by atoms with Gasteiger partial charge in [-0.15, -0.1) is 0 Å². The van der Waals surface area contributed by atoms with E-state index in [1.54, 1.807) is 6.07 Å². The van der Waals surface area contributed by atoms with Crippen molar-refractivity contribution in [1.29, 1.82) is 0 Å². The van der Waals surface area contributed by atoms with Gasteiger partial charge in [-0.3, -0.25) is 5.32 Å². The summed E-state index contributed by atoms with van der Waals surface area (Å²) in [5, 5.41) is 2.59. The van der Waals surface area contributed by atoms with E-state index >= 15 is 0 Å². The molecule has 1 aromatic carbocycles. The third kappa shape index (κ3) is 1.56. The Morgan fingerprint density at radius 2 is 2.29 bits per heavy atom. The lowest BCUT2D eigenvalue weighted by molar-refractivity contribution is 0.0301. The molecule has 0 radical (unpaired) electrons. The normalized spacial score (nSPS) is 19.5. The van der Waals surface area contributed by atoms with Gasteiger partial charge in [-0.25, -0.2) is 4.79 Å². The predicted octanol–water partition coefficient (Wildman–Crippen LogP) is 1.82. The second-order valence-corrected chi connectivity index (χ2v) is 2.91. The molecule has 0 aromatic heterocycles. The topological polar surface area (TPSA) is 47.6 Å². The Morgan fingerprint density at radius 3 is 3.07 bits per heavy atom. The number of para-hydroxylation sites is 1. The highest BCUT2D eigenvalue weighted by molar-refractivity contribution is 5.73. The predicted molar refractivity (Wildman–Crippen MR) is 50.0 cm³/mol. The Kier molecular flexibility index (Phi) is 2.37. The van der Waals surface area contributed by atoms with Crippen molar-refractivity contribution in [3.8, 4) is 5.75 Å². The van der Waals surface area contributed by atoms with Gasteiger partial charge in [0.15, 0.2) is 6.23 Å². The van der Waals surface area contributed by atoms with Crippen LogP contribution in [-0.2, 0) is 4.74 Å². The minimum absolute atomic E-state index is 0.391. The Morgan fingerprint density at radius 1 is 1.50 bits per heavy atom. The zero-order valence-electron chi connectivity index (χ0n) is 7.82. The number of carbonyl (C=O) groups excluding carboxylic acids is 1. The quantitative estimate of drug-likeness (QED) is 0.779. The van der Waals surface area contributed by atoms with Gasteiger partial charge in [0.05, 0.1) is 0 Å². The Bertz CT molecular complexity index is 351. The van der Waals surface area contributed by atoms with Crippen LogP contribution in [0.5, 0.6) is 5.75 Å². The molecule has 1 atom stereocenters. The number of carbonyl (C=O) groups is 1. The third-order valence-electron chi connectivity index (χ3n) is 1.99. The van der Waals surface area contributed by atoms with Crippen molar-refractivity contribution in [3.05, 3.63) is 29.8 Å². The fraction of sp³-hybridized carbons (Fsp3) is 0.300. The summed E-state index contributed by atoms with van der Waals surface area (Å²) in [6, 6.07) is 7.32. The van der Waals surface area contributed by atoms with E-state index in [4.69, 9.17) is 9.47 Å². The first-order valence-corrected chi connectivity index (χ1v) is 4.50. The van der Waals surface area contributed by atoms with E-state index in [0.717, 1.165) is 5.56 Å². The van der Waals surface area contributed by atoms with Gasteiger partial charge in [-0.2, -0.15) is 0 Å². The van der Waals surface area contributed by atoms with E-state index in [-0.39, 0.29) is 0 Å². The van der Waals surface area contributed by atoms with Crippen molar-refractivity contribution in [1.82, 2.24) is 5.32 Å². The molecule has 1 aliphatic heterocycles. The summed E-state index contributed by atoms with van der Waals surface area (Å²) < 4.78 is 10.3. The molecule has 0 spiro atoms. The lowest BCUT2D eigenvalue weighted by Crippen LogP contribution is -2.37. The van der Waals surface area contributed by atoms with Crippen molar-refractivity contribution in [3.63, 3.8) is 0 Å². The van der Waals surface area contributed by atoms with E-state index in [0.29, 0.717) is 12.4 Å². The van der Waals surface area contributed by atoms with Crippen LogP contribution in [0.25, 0.3) is 0 Å². The molecule has 2 rings (SSSR count). The van der Waals surface area contributed by atoms with Crippen LogP contribution < -0.4 is 10.1 Å². The molecule has 0 unspecified atom stereocenters. The monoisotopic (exact) mass is 193 g/mol. The molecule has 0 fully saturated rings. The van der Waals surface area contributed by atoms with Gasteiger partial charge < -0.3 is 9.47 Å². The molecule has 1 aromatic rings. The van der Waals surface area contributed by atoms with E-state index in [2.05, 4.69) is 5.32 Å². The molecule has 0 saturated carbocycles. The van der Waals surface area contributed by atoms with Crippen LogP contribution in [0.4, 0.5) is 4.79 Å². The van der Waals surface area contributed by atoms with Crippen molar-refractivity contribution < 1.29 is 14.3 Å². The molecule has 1 aliphatic rings. The van der Waals surface area contributed by atoms with E-state index in [9.17, 15) is 4.79 Å². The fourth-order valence-corrected chi connectivity index (χ4v) is 1.40. The summed E-state index contributed by atoms with van der Waals surface area (Å²) in [5.41, 5.74) is 0.856. The lowest BCUT2D eigenvalue weighted by Gasteiger charge is -2.25. The molecule has 0 saturated heterocycles. The van der Waals surface area contributed by atoms with Crippen LogP contribution in [0, 0.1) is 0 Å². The first kappa shape index (κ1) is 9.02. The molecular formula is C10H11NO3. The molecule has 1 amide bonds. The minimum atomic E-state index is -0.470. The second-order valence-electron chi connectivity index (χ2n) is 2.91. The second kappa shape index (κ2) is 3.67. The summed E-state index contributed by atoms with van der Waals surface area (Å²) in [6.07, 6.45) is -0.861. The largest absolute Gasteiger partial charge is 0.414 e. The summed E-state index contributed by atoms with van der Waals surface area (Å²) in [7, 11) is 0. The third-order valence-corrected chi connectivity index (χ3v) is 1.99. The maximum Gasteiger partial charge on any atom is 0.414 e. The van der Waals surface area contributed by atoms with Gasteiger partial charge in [-0.1, -0.05) is 18.2 Å². The van der Waals surface area contributed by atoms with Crippen molar-refractivity contribution in [2.24, 2.45) is 0 Å². The number of amides is 1. The Labute approximate surface area is 81.8 Å². The van der Waals surface area contributed by atoms with Gasteiger partial charge in [0.1, 0.15) is 5.75 Å². The first-order valence-electron chi connectivity index (χ1n) is 4.50. The molecule has 4 heteroatoms. The average molecular weight is 193 g/mol. The highest BCUT2D eigenvalue weighted by Gasteiger charge is 2.25. The van der Waals surface area contributed by atoms with Gasteiger partial charge in [-0.05, 0) is 13.0 Å². The summed E-state index contributed by atoms with van der Waals surface area (Å²) in [4.78, 5) is 11.1. The van der Waals surface area contributed by atoms with E-state index in [1.807, 2.05) is 25.1 Å². The number of hydrogen-bond donors (Lipinski definition) is 1. The van der Waals surface area contributed by atoms with Crippen LogP contribution in [0.3, 0.4) is 0 Å². The highest BCUT2D eigenvalue weighted by Crippen LogP contribution is 2.29. The van der Waals surface area contributed by atoms with Crippen LogP contribution in [0.1, 0.15) is 18.7 Å². The van der Waals surface area contributed by atoms with Gasteiger partial charge >= 0.3 is 6.09 Å². The molecule has 1 heterocycles. The zero-order chi connectivity index (χ0) is 9.97. The van der Waals surface area contributed by atoms with Crippen molar-refractivity contribution >= 4 is 6.09 Å². The average Bonchev–Trinajstić information content (AvgIpc) is 2.18. The molecule has 0 aliphatic carbocycles. The van der Waals surface area contributed by atoms with E-state index < -0.39 is 12.3 Å². The lowest BCUT2D eigenvalue weighted by atomic mass is 10.1. The van der Waals surface area contributed by atoms with Crippen molar-refractivity contribution in [2.45, 2.75) is 13.2 Å². The first-order chi connectivity index (χ1) is 6.81. The van der Waals surface area contributed by atoms with Crippen LogP contribution in [0.2, 0.25) is 0 Å².